The van der Waals surface area contributed by atoms with E-state index in [1.54, 1.807) is 0 Å². The van der Waals surface area contributed by atoms with Crippen molar-refractivity contribution in [1.29, 1.82) is 0 Å². The molecule has 0 aromatic carbocycles. The van der Waals surface area contributed by atoms with Gasteiger partial charge in [0.05, 0.1) is 37.0 Å². The number of esters is 2. The van der Waals surface area contributed by atoms with E-state index in [0.717, 1.165) is 67.1 Å². The van der Waals surface area contributed by atoms with Crippen LogP contribution < -0.4 is 0 Å². The van der Waals surface area contributed by atoms with E-state index < -0.39 is 0 Å². The topological polar surface area (TPSA) is 110 Å². The van der Waals surface area contributed by atoms with Gasteiger partial charge < -0.3 is 19.4 Å². The molecule has 2 aliphatic rings. The van der Waals surface area contributed by atoms with Gasteiger partial charge in [-0.05, 0) is 121 Å². The van der Waals surface area contributed by atoms with Crippen molar-refractivity contribution in [2.45, 2.75) is 92.9 Å². The number of methoxy groups -OCH3 is 2. The van der Waals surface area contributed by atoms with Crippen molar-refractivity contribution in [3.05, 3.63) is 69.3 Å². The van der Waals surface area contributed by atoms with E-state index in [-0.39, 0.29) is 30.7 Å². The molecule has 8 bridgehead atoms. The van der Waals surface area contributed by atoms with Crippen LogP contribution in [0.15, 0.2) is 24.3 Å². The average Bonchev–Trinajstić information content (AvgIpc) is 3.67. The van der Waals surface area contributed by atoms with E-state index in [0.29, 0.717) is 18.8 Å². The van der Waals surface area contributed by atoms with Crippen molar-refractivity contribution in [1.82, 2.24) is 19.9 Å². The standard InChI is InChI=1S/C38H46N4O4/c1-19(2)37-23(7)29-15-27-21(5)25(11-13-35(43)45-9)31(39-27)18-32-26(12-14-36(44)46-10)22(6)28(40-32)16-33-38(20(3)4)24(8)30(42-33)17-34(37)41-29/h15-20,41-42H,11-14H2,1-10H3. The molecule has 8 heteroatoms. The number of fused-ring (bicyclic) bond motifs is 8. The van der Waals surface area contributed by atoms with E-state index >= 15 is 0 Å². The number of rotatable bonds is 8. The van der Waals surface area contributed by atoms with Crippen LogP contribution >= 0.6 is 0 Å². The summed E-state index contributed by atoms with van der Waals surface area (Å²) in [6.07, 6.45) is 1.47. The Kier molecular flexibility index (Phi) is 9.38. The molecule has 2 aliphatic heterocycles. The van der Waals surface area contributed by atoms with E-state index in [1.165, 1.54) is 36.5 Å². The molecule has 0 saturated carbocycles. The SMILES string of the molecule is COC(=O)CCC1=C(C)c2cc3[nH]c(cc4[nH]c(cc5nc(cc1n2)C(CCC(=O)OC)=C5C)c(C(C)C)c4C)c(C(C)C)c3C. The van der Waals surface area contributed by atoms with E-state index in [1.807, 2.05) is 6.07 Å². The van der Waals surface area contributed by atoms with Gasteiger partial charge in [0.25, 0.3) is 0 Å². The van der Waals surface area contributed by atoms with Crippen LogP contribution in [-0.2, 0) is 19.1 Å². The third kappa shape index (κ3) is 6.17. The molecule has 8 nitrogen and oxygen atoms in total. The maximum absolute atomic E-state index is 12.2. The first kappa shape index (κ1) is 32.9. The Balaban J connectivity index is 1.91. The highest BCUT2D eigenvalue weighted by atomic mass is 16.5. The highest BCUT2D eigenvalue weighted by molar-refractivity contribution is 5.96. The van der Waals surface area contributed by atoms with Crippen LogP contribution in [0.4, 0.5) is 0 Å². The fourth-order valence-corrected chi connectivity index (χ4v) is 6.92. The molecule has 5 rings (SSSR count). The summed E-state index contributed by atoms with van der Waals surface area (Å²) < 4.78 is 9.95. The zero-order valence-electron chi connectivity index (χ0n) is 28.8. The number of aromatic amines is 2. The summed E-state index contributed by atoms with van der Waals surface area (Å²) in [5.74, 6) is 0.0647. The molecule has 0 radical (unpaired) electrons. The van der Waals surface area contributed by atoms with Crippen LogP contribution in [0.25, 0.3) is 44.4 Å². The molecule has 242 valence electrons. The van der Waals surface area contributed by atoms with Crippen molar-refractivity contribution in [3.8, 4) is 0 Å². The predicted molar refractivity (Wildman–Crippen MR) is 186 cm³/mol. The fraction of sp³-hybridized carbons (Fsp3) is 0.421. The Labute approximate surface area is 271 Å². The van der Waals surface area contributed by atoms with E-state index in [9.17, 15) is 9.59 Å². The minimum atomic E-state index is -0.267. The molecular weight excluding hydrogens is 576 g/mol. The molecule has 5 heterocycles. The summed E-state index contributed by atoms with van der Waals surface area (Å²) in [4.78, 5) is 42.2. The van der Waals surface area contributed by atoms with Gasteiger partial charge in [-0.3, -0.25) is 9.59 Å². The molecular formula is C38H46N4O4. The van der Waals surface area contributed by atoms with Gasteiger partial charge in [0.15, 0.2) is 0 Å². The van der Waals surface area contributed by atoms with Gasteiger partial charge in [0.1, 0.15) is 0 Å². The van der Waals surface area contributed by atoms with Gasteiger partial charge in [-0.1, -0.05) is 27.7 Å². The van der Waals surface area contributed by atoms with Crippen LogP contribution in [0.1, 0.15) is 124 Å². The molecule has 0 amide bonds. The Bertz CT molecular complexity index is 1950. The van der Waals surface area contributed by atoms with Gasteiger partial charge in [-0.2, -0.15) is 0 Å². The van der Waals surface area contributed by atoms with Crippen LogP contribution in [0.3, 0.4) is 0 Å². The normalized spacial score (nSPS) is 13.3. The van der Waals surface area contributed by atoms with E-state index in [2.05, 4.69) is 83.6 Å². The predicted octanol–water partition coefficient (Wildman–Crippen LogP) is 8.95. The average molecular weight is 623 g/mol. The Morgan fingerprint density at radius 1 is 0.609 bits per heavy atom. The van der Waals surface area contributed by atoms with Gasteiger partial charge in [0, 0.05) is 34.9 Å². The zero-order chi connectivity index (χ0) is 33.4. The number of nitrogens with one attached hydrogen (secondary N) is 2. The van der Waals surface area contributed by atoms with Gasteiger partial charge in [-0.25, -0.2) is 9.97 Å². The molecule has 0 atom stereocenters. The van der Waals surface area contributed by atoms with Crippen LogP contribution in [0, 0.1) is 13.8 Å². The summed E-state index contributed by atoms with van der Waals surface area (Å²) in [6.45, 7) is 17.4. The number of nitrogens with zero attached hydrogens (tertiary/aromatic N) is 2. The maximum Gasteiger partial charge on any atom is 0.305 e. The lowest BCUT2D eigenvalue weighted by atomic mass is 9.97. The Morgan fingerprint density at radius 3 is 1.41 bits per heavy atom. The van der Waals surface area contributed by atoms with Crippen molar-refractivity contribution in [2.24, 2.45) is 0 Å². The van der Waals surface area contributed by atoms with E-state index in [4.69, 9.17) is 19.4 Å². The number of hydrogen-bond acceptors (Lipinski definition) is 6. The van der Waals surface area contributed by atoms with Crippen molar-refractivity contribution in [3.63, 3.8) is 0 Å². The number of aryl methyl sites for hydroxylation is 2. The summed E-state index contributed by atoms with van der Waals surface area (Å²) in [5, 5.41) is 0. The first-order chi connectivity index (χ1) is 21.8. The molecule has 3 aromatic heterocycles. The summed E-state index contributed by atoms with van der Waals surface area (Å²) >= 11 is 0. The number of allylic oxidation sites excluding steroid dienone is 4. The van der Waals surface area contributed by atoms with Crippen molar-refractivity contribution in [2.75, 3.05) is 14.2 Å². The molecule has 0 aliphatic carbocycles. The maximum atomic E-state index is 12.2. The second kappa shape index (κ2) is 13.1. The number of carbonyl (C=O) groups excluding carboxylic acids is 2. The number of aromatic nitrogens is 4. The molecule has 3 aromatic rings. The molecule has 2 N–H and O–H groups in total. The quantitative estimate of drug-likeness (QED) is 0.243. The second-order valence-electron chi connectivity index (χ2n) is 13.0. The molecule has 46 heavy (non-hydrogen) atoms. The number of ether oxygens (including phenoxy) is 2. The van der Waals surface area contributed by atoms with Crippen LogP contribution in [-0.4, -0.2) is 46.1 Å². The third-order valence-corrected chi connectivity index (χ3v) is 9.40. The minimum Gasteiger partial charge on any atom is -0.469 e. The summed E-state index contributed by atoms with van der Waals surface area (Å²) in [6, 6.07) is 8.49. The van der Waals surface area contributed by atoms with Crippen molar-refractivity contribution >= 4 is 56.3 Å². The number of H-pyrrole nitrogens is 2. The Hall–Kier alpha value is -4.46. The van der Waals surface area contributed by atoms with Gasteiger partial charge >= 0.3 is 11.9 Å². The monoisotopic (exact) mass is 622 g/mol. The summed E-state index contributed by atoms with van der Waals surface area (Å²) in [5.41, 5.74) is 16.3. The highest BCUT2D eigenvalue weighted by Crippen LogP contribution is 2.39. The molecule has 0 spiro atoms. The lowest BCUT2D eigenvalue weighted by Crippen LogP contribution is -2.01. The van der Waals surface area contributed by atoms with Gasteiger partial charge in [0.2, 0.25) is 0 Å². The molecule has 0 unspecified atom stereocenters. The van der Waals surface area contributed by atoms with Crippen LogP contribution in [0.2, 0.25) is 0 Å². The Morgan fingerprint density at radius 2 is 1.00 bits per heavy atom. The summed E-state index contributed by atoms with van der Waals surface area (Å²) in [7, 11) is 2.82. The highest BCUT2D eigenvalue weighted by Gasteiger charge is 2.23. The minimum absolute atomic E-state index is 0.245. The van der Waals surface area contributed by atoms with Crippen molar-refractivity contribution < 1.29 is 19.1 Å². The second-order valence-corrected chi connectivity index (χ2v) is 13.0. The fourth-order valence-electron chi connectivity index (χ4n) is 6.92. The lowest BCUT2D eigenvalue weighted by Gasteiger charge is -2.06. The zero-order valence-corrected chi connectivity index (χ0v) is 28.8. The molecule has 0 saturated heterocycles. The number of hydrogen-bond donors (Lipinski definition) is 2. The van der Waals surface area contributed by atoms with Crippen LogP contribution in [0.5, 0.6) is 0 Å². The lowest BCUT2D eigenvalue weighted by molar-refractivity contribution is -0.141. The first-order valence-corrected chi connectivity index (χ1v) is 16.1. The number of carbonyl (C=O) groups is 2. The van der Waals surface area contributed by atoms with Gasteiger partial charge in [-0.15, -0.1) is 0 Å². The largest absolute Gasteiger partial charge is 0.469 e. The molecule has 0 fully saturated rings. The first-order valence-electron chi connectivity index (χ1n) is 16.1. The third-order valence-electron chi connectivity index (χ3n) is 9.40. The smallest absolute Gasteiger partial charge is 0.305 e.